The van der Waals surface area contributed by atoms with Crippen LogP contribution in [-0.2, 0) is 20.7 Å². The zero-order chi connectivity index (χ0) is 24.6. The van der Waals surface area contributed by atoms with Crippen molar-refractivity contribution in [3.8, 4) is 6.07 Å². The summed E-state index contributed by atoms with van der Waals surface area (Å²) in [5.74, 6) is 0.441. The Bertz CT molecular complexity index is 838. The van der Waals surface area contributed by atoms with Gasteiger partial charge in [-0.2, -0.15) is 5.26 Å². The van der Waals surface area contributed by atoms with Gasteiger partial charge in [-0.05, 0) is 82.4 Å². The SMILES string of the molecule is CC(C)(C)OC(=O)CN(CC1CCCCC1)C(=O)C(Cc1ccc(C#N)cc1)C1CCCCC1. The van der Waals surface area contributed by atoms with Gasteiger partial charge in [0.05, 0.1) is 11.6 Å². The van der Waals surface area contributed by atoms with Gasteiger partial charge in [-0.1, -0.05) is 50.7 Å². The van der Waals surface area contributed by atoms with Crippen LogP contribution in [0.4, 0.5) is 0 Å². The molecule has 2 fully saturated rings. The van der Waals surface area contributed by atoms with Crippen molar-refractivity contribution in [2.24, 2.45) is 17.8 Å². The summed E-state index contributed by atoms with van der Waals surface area (Å²) in [7, 11) is 0. The number of ether oxygens (including phenoxy) is 1. The van der Waals surface area contributed by atoms with E-state index in [1.165, 1.54) is 25.7 Å². The van der Waals surface area contributed by atoms with Crippen LogP contribution in [0.3, 0.4) is 0 Å². The van der Waals surface area contributed by atoms with Crippen molar-refractivity contribution in [3.05, 3.63) is 35.4 Å². The molecular weight excluding hydrogens is 424 g/mol. The van der Waals surface area contributed by atoms with Crippen LogP contribution in [0.25, 0.3) is 0 Å². The van der Waals surface area contributed by atoms with Crippen LogP contribution < -0.4 is 0 Å². The number of nitriles is 1. The molecule has 5 heteroatoms. The minimum Gasteiger partial charge on any atom is -0.459 e. The van der Waals surface area contributed by atoms with E-state index in [0.29, 0.717) is 30.4 Å². The molecule has 1 atom stereocenters. The molecule has 0 radical (unpaired) electrons. The highest BCUT2D eigenvalue weighted by atomic mass is 16.6. The fourth-order valence-electron chi connectivity index (χ4n) is 5.64. The first-order valence-electron chi connectivity index (χ1n) is 13.2. The Morgan fingerprint density at radius 2 is 1.59 bits per heavy atom. The Morgan fingerprint density at radius 1 is 1.00 bits per heavy atom. The molecule has 1 unspecified atom stereocenters. The smallest absolute Gasteiger partial charge is 0.326 e. The van der Waals surface area contributed by atoms with Gasteiger partial charge in [0.1, 0.15) is 12.1 Å². The Hall–Kier alpha value is -2.35. The summed E-state index contributed by atoms with van der Waals surface area (Å²) >= 11 is 0. The van der Waals surface area contributed by atoms with Crippen LogP contribution >= 0.6 is 0 Å². The monoisotopic (exact) mass is 466 g/mol. The lowest BCUT2D eigenvalue weighted by atomic mass is 9.76. The number of hydrogen-bond donors (Lipinski definition) is 0. The summed E-state index contributed by atoms with van der Waals surface area (Å²) in [4.78, 5) is 28.7. The van der Waals surface area contributed by atoms with Gasteiger partial charge in [0.15, 0.2) is 0 Å². The molecule has 0 bridgehead atoms. The van der Waals surface area contributed by atoms with Crippen molar-refractivity contribution >= 4 is 11.9 Å². The minimum absolute atomic E-state index is 0.0309. The van der Waals surface area contributed by atoms with Gasteiger partial charge >= 0.3 is 5.97 Å². The maximum absolute atomic E-state index is 14.1. The van der Waals surface area contributed by atoms with Gasteiger partial charge in [0.25, 0.3) is 0 Å². The summed E-state index contributed by atoms with van der Waals surface area (Å²) in [5, 5.41) is 9.14. The third kappa shape index (κ3) is 8.15. The van der Waals surface area contributed by atoms with E-state index >= 15 is 0 Å². The summed E-state index contributed by atoms with van der Waals surface area (Å²) in [5.41, 5.74) is 1.15. The minimum atomic E-state index is -0.568. The molecular formula is C29H42N2O3. The van der Waals surface area contributed by atoms with Crippen molar-refractivity contribution in [1.29, 1.82) is 5.26 Å². The van der Waals surface area contributed by atoms with Gasteiger partial charge in [-0.25, -0.2) is 0 Å². The van der Waals surface area contributed by atoms with Crippen LogP contribution in [0.2, 0.25) is 0 Å². The van der Waals surface area contributed by atoms with E-state index in [1.54, 1.807) is 0 Å². The molecule has 34 heavy (non-hydrogen) atoms. The maximum atomic E-state index is 14.1. The molecule has 0 saturated heterocycles. The van der Waals surface area contributed by atoms with E-state index in [-0.39, 0.29) is 24.3 Å². The zero-order valence-electron chi connectivity index (χ0n) is 21.4. The Morgan fingerprint density at radius 3 is 2.15 bits per heavy atom. The summed E-state index contributed by atoms with van der Waals surface area (Å²) in [6.07, 6.45) is 12.3. The van der Waals surface area contributed by atoms with E-state index in [9.17, 15) is 9.59 Å². The first-order valence-corrected chi connectivity index (χ1v) is 13.2. The Labute approximate surface area is 205 Å². The van der Waals surface area contributed by atoms with E-state index in [0.717, 1.165) is 44.1 Å². The second-order valence-corrected chi connectivity index (χ2v) is 11.3. The molecule has 0 aliphatic heterocycles. The number of benzene rings is 1. The lowest BCUT2D eigenvalue weighted by Gasteiger charge is -2.36. The van der Waals surface area contributed by atoms with Crippen molar-refractivity contribution < 1.29 is 14.3 Å². The van der Waals surface area contributed by atoms with E-state index in [2.05, 4.69) is 6.07 Å². The number of rotatable bonds is 8. The third-order valence-corrected chi connectivity index (χ3v) is 7.33. The number of carbonyl (C=O) groups excluding carboxylic acids is 2. The molecule has 2 aliphatic rings. The highest BCUT2D eigenvalue weighted by Gasteiger charge is 2.35. The average Bonchev–Trinajstić information content (AvgIpc) is 2.82. The Kier molecular flexibility index (Phi) is 9.56. The summed E-state index contributed by atoms with van der Waals surface area (Å²) < 4.78 is 5.61. The first kappa shape index (κ1) is 26.3. The van der Waals surface area contributed by atoms with Gasteiger partial charge in [-0.15, -0.1) is 0 Å². The van der Waals surface area contributed by atoms with Crippen molar-refractivity contribution in [3.63, 3.8) is 0 Å². The van der Waals surface area contributed by atoms with Crippen molar-refractivity contribution in [2.45, 2.75) is 97.0 Å². The van der Waals surface area contributed by atoms with E-state index in [4.69, 9.17) is 10.00 Å². The summed E-state index contributed by atoms with van der Waals surface area (Å²) in [6, 6.07) is 9.78. The van der Waals surface area contributed by atoms with Crippen LogP contribution in [0.5, 0.6) is 0 Å². The highest BCUT2D eigenvalue weighted by Crippen LogP contribution is 2.34. The molecule has 0 N–H and O–H groups in total. The fraction of sp³-hybridized carbons (Fsp3) is 0.690. The number of carbonyl (C=O) groups is 2. The van der Waals surface area contributed by atoms with Crippen LogP contribution in [0.15, 0.2) is 24.3 Å². The number of esters is 1. The van der Waals surface area contributed by atoms with Gasteiger partial charge in [-0.3, -0.25) is 9.59 Å². The standard InChI is InChI=1S/C29H42N2O3/c1-29(2,3)34-27(32)21-31(20-24-10-6-4-7-11-24)28(33)26(25-12-8-5-9-13-25)18-22-14-16-23(19-30)17-15-22/h14-17,24-26H,4-13,18,20-21H2,1-3H3. The molecule has 1 aromatic carbocycles. The van der Waals surface area contributed by atoms with Crippen molar-refractivity contribution in [1.82, 2.24) is 4.90 Å². The van der Waals surface area contributed by atoms with Crippen LogP contribution in [0.1, 0.15) is 96.1 Å². The van der Waals surface area contributed by atoms with Crippen molar-refractivity contribution in [2.75, 3.05) is 13.1 Å². The molecule has 1 aromatic rings. The average molecular weight is 467 g/mol. The molecule has 0 aromatic heterocycles. The van der Waals surface area contributed by atoms with Crippen LogP contribution in [-0.4, -0.2) is 35.5 Å². The lowest BCUT2D eigenvalue weighted by molar-refractivity contribution is -0.160. The zero-order valence-corrected chi connectivity index (χ0v) is 21.4. The largest absolute Gasteiger partial charge is 0.459 e. The molecule has 2 saturated carbocycles. The maximum Gasteiger partial charge on any atom is 0.326 e. The van der Waals surface area contributed by atoms with E-state index < -0.39 is 5.60 Å². The molecule has 1 amide bonds. The fourth-order valence-corrected chi connectivity index (χ4v) is 5.64. The molecule has 0 heterocycles. The molecule has 2 aliphatic carbocycles. The number of nitrogens with zero attached hydrogens (tertiary/aromatic N) is 2. The van der Waals surface area contributed by atoms with E-state index in [1.807, 2.05) is 49.9 Å². The highest BCUT2D eigenvalue weighted by molar-refractivity contribution is 5.84. The third-order valence-electron chi connectivity index (χ3n) is 7.33. The second-order valence-electron chi connectivity index (χ2n) is 11.3. The predicted molar refractivity (Wildman–Crippen MR) is 134 cm³/mol. The normalized spacial score (nSPS) is 18.6. The number of amides is 1. The number of hydrogen-bond acceptors (Lipinski definition) is 4. The van der Waals surface area contributed by atoms with Gasteiger partial charge in [0.2, 0.25) is 5.91 Å². The molecule has 0 spiro atoms. The lowest BCUT2D eigenvalue weighted by Crippen LogP contribution is -2.46. The predicted octanol–water partition coefficient (Wildman–Crippen LogP) is 6.05. The molecule has 3 rings (SSSR count). The van der Waals surface area contributed by atoms with Gasteiger partial charge < -0.3 is 9.64 Å². The Balaban J connectivity index is 1.82. The molecule has 186 valence electrons. The molecule has 5 nitrogen and oxygen atoms in total. The quantitative estimate of drug-likeness (QED) is 0.437. The topological polar surface area (TPSA) is 70.4 Å². The van der Waals surface area contributed by atoms with Gasteiger partial charge in [0, 0.05) is 12.5 Å². The van der Waals surface area contributed by atoms with Crippen LogP contribution in [0, 0.1) is 29.1 Å². The summed E-state index contributed by atoms with van der Waals surface area (Å²) in [6.45, 7) is 6.29. The first-order chi connectivity index (χ1) is 16.2. The second kappa shape index (κ2) is 12.4.